The van der Waals surface area contributed by atoms with Gasteiger partial charge in [-0.25, -0.2) is 0 Å². The summed E-state index contributed by atoms with van der Waals surface area (Å²) in [6.45, 7) is 12.1. The summed E-state index contributed by atoms with van der Waals surface area (Å²) in [5.41, 5.74) is -0.192. The summed E-state index contributed by atoms with van der Waals surface area (Å²) in [4.78, 5) is 13.0. The van der Waals surface area contributed by atoms with Gasteiger partial charge in [-0.1, -0.05) is 46.3 Å². The molecule has 8 aliphatic rings. The summed E-state index contributed by atoms with van der Waals surface area (Å²) in [6.07, 6.45) is -8.99. The van der Waals surface area contributed by atoms with Crippen LogP contribution in [0.15, 0.2) is 11.6 Å². The van der Waals surface area contributed by atoms with E-state index in [1.807, 2.05) is 0 Å². The summed E-state index contributed by atoms with van der Waals surface area (Å²) in [5, 5.41) is 97.1. The number of aliphatic carboxylic acids is 1. The summed E-state index contributed by atoms with van der Waals surface area (Å²) in [5.74, 6) is 0.0468. The van der Waals surface area contributed by atoms with Gasteiger partial charge in [-0.15, -0.1) is 0 Å². The number of carbonyl (C=O) groups is 1. The average molecular weight is 869 g/mol. The average Bonchev–Trinajstić information content (AvgIpc) is 3.21. The van der Waals surface area contributed by atoms with E-state index in [4.69, 9.17) is 28.4 Å². The monoisotopic (exact) mass is 868 g/mol. The van der Waals surface area contributed by atoms with Crippen molar-refractivity contribution in [2.75, 3.05) is 19.8 Å². The van der Waals surface area contributed by atoms with E-state index in [0.29, 0.717) is 24.7 Å². The number of aliphatic hydroxyl groups excluding tert-OH is 8. The number of allylic oxidation sites excluding steroid dienone is 2. The van der Waals surface area contributed by atoms with E-state index < -0.39 is 103 Å². The third-order valence-electron chi connectivity index (χ3n) is 17.9. The lowest BCUT2D eigenvalue weighted by Gasteiger charge is -2.68. The molecule has 0 aromatic heterocycles. The Morgan fingerprint density at radius 3 is 2.03 bits per heavy atom. The second-order valence-corrected chi connectivity index (χ2v) is 21.8. The predicted octanol–water partition coefficient (Wildman–Crippen LogP) is 1.59. The first-order valence-corrected chi connectivity index (χ1v) is 22.8. The Balaban J connectivity index is 1.00. The highest BCUT2D eigenvalue weighted by molar-refractivity contribution is 5.76. The molecule has 8 rings (SSSR count). The lowest BCUT2D eigenvalue weighted by Crippen LogP contribution is -2.66. The fraction of sp³-hybridized carbons (Fsp3) is 0.933. The van der Waals surface area contributed by atoms with Crippen LogP contribution in [0.5, 0.6) is 0 Å². The van der Waals surface area contributed by atoms with Crippen LogP contribution in [0.3, 0.4) is 0 Å². The smallest absolute Gasteiger partial charge is 0.310 e. The number of carboxylic acid groups (broad SMARTS) is 1. The molecule has 0 aromatic rings. The van der Waals surface area contributed by atoms with Gasteiger partial charge in [-0.2, -0.15) is 0 Å². The van der Waals surface area contributed by atoms with E-state index in [-0.39, 0.29) is 47.9 Å². The summed E-state index contributed by atoms with van der Waals surface area (Å²) in [6, 6.07) is 0. The van der Waals surface area contributed by atoms with Gasteiger partial charge in [0, 0.05) is 5.41 Å². The fourth-order valence-electron chi connectivity index (χ4n) is 14.2. The molecule has 16 heteroatoms. The molecule has 9 N–H and O–H groups in total. The van der Waals surface area contributed by atoms with Crippen molar-refractivity contribution in [1.82, 2.24) is 0 Å². The highest BCUT2D eigenvalue weighted by Crippen LogP contribution is 2.72. The second kappa shape index (κ2) is 16.5. The number of ether oxygens (including phenoxy) is 6. The number of hydrogen-bond acceptors (Lipinski definition) is 15. The molecule has 0 amide bonds. The van der Waals surface area contributed by atoms with Crippen LogP contribution < -0.4 is 0 Å². The Bertz CT molecular complexity index is 1640. The Morgan fingerprint density at radius 2 is 1.34 bits per heavy atom. The number of rotatable bonds is 8. The van der Waals surface area contributed by atoms with Gasteiger partial charge in [0.05, 0.1) is 37.4 Å². The van der Waals surface area contributed by atoms with Crippen molar-refractivity contribution in [1.29, 1.82) is 0 Å². The van der Waals surface area contributed by atoms with Crippen molar-refractivity contribution in [3.8, 4) is 0 Å². The summed E-state index contributed by atoms with van der Waals surface area (Å²) in [7, 11) is 0. The third kappa shape index (κ3) is 7.48. The van der Waals surface area contributed by atoms with Gasteiger partial charge in [0.1, 0.15) is 54.9 Å². The molecule has 61 heavy (non-hydrogen) atoms. The molecule has 0 bridgehead atoms. The number of carboxylic acids is 1. The molecular weight excluding hydrogens is 796 g/mol. The molecular formula is C45H72O16. The Hall–Kier alpha value is -1.35. The molecule has 3 aliphatic heterocycles. The Labute approximate surface area is 358 Å². The van der Waals surface area contributed by atoms with E-state index in [1.54, 1.807) is 0 Å². The van der Waals surface area contributed by atoms with Crippen LogP contribution in [0.2, 0.25) is 0 Å². The Morgan fingerprint density at radius 1 is 0.689 bits per heavy atom. The van der Waals surface area contributed by atoms with Crippen molar-refractivity contribution in [3.05, 3.63) is 11.6 Å². The van der Waals surface area contributed by atoms with Crippen LogP contribution in [0.1, 0.15) is 106 Å². The van der Waals surface area contributed by atoms with Crippen molar-refractivity contribution < 1.29 is 79.2 Å². The van der Waals surface area contributed by atoms with Gasteiger partial charge in [0.2, 0.25) is 0 Å². The molecule has 3 saturated heterocycles. The maximum absolute atomic E-state index is 13.0. The van der Waals surface area contributed by atoms with Gasteiger partial charge in [0.25, 0.3) is 0 Å². The first-order valence-electron chi connectivity index (χ1n) is 22.8. The molecule has 0 aromatic carbocycles. The second-order valence-electron chi connectivity index (χ2n) is 21.8. The standard InChI is InChI=1S/C45H72O16/c1-21-30(49)35(60-37-33(52)31(50)25(47)18-56-37)34(53)38(58-21)61-36-32(51)26(48)19-57-39(36)59-29-11-13-43(5)27-8-7-22-23(42(27,4)12-10-28(43)44(29,6)20-46)9-14-45(40(54)55)16-15-41(2,3)17-24(22)45/h7,21,23-39,46-53H,8-20H2,1-6H3,(H,54,55)/t21-,23+,24-,25+,26-,27-,28+,29-,30-,31-,32-,33+,34+,35+,36+,37-,38-,39-,42-,43+,44-,45+/m0/s1. The van der Waals surface area contributed by atoms with E-state index in [0.717, 1.165) is 51.4 Å². The first kappa shape index (κ1) is 46.2. The van der Waals surface area contributed by atoms with Crippen LogP contribution >= 0.6 is 0 Å². The topological polar surface area (TPSA) is 255 Å². The van der Waals surface area contributed by atoms with E-state index >= 15 is 0 Å². The maximum atomic E-state index is 13.0. The molecule has 16 nitrogen and oxygen atoms in total. The highest BCUT2D eigenvalue weighted by Gasteiger charge is 2.67. The molecule has 0 spiro atoms. The minimum atomic E-state index is -1.73. The van der Waals surface area contributed by atoms with Gasteiger partial charge < -0.3 is 74.4 Å². The van der Waals surface area contributed by atoms with Crippen LogP contribution in [0.25, 0.3) is 0 Å². The van der Waals surface area contributed by atoms with Gasteiger partial charge in [-0.05, 0) is 111 Å². The minimum Gasteiger partial charge on any atom is -0.481 e. The SMILES string of the molecule is C[C@@H]1O[C@@H](O[C@H]2[C@H](O[C@H]3CC[C@@]4(C)[C@@H](CC[C@]5(C)[C@@H]4CC=C4[C@H]5CC[C@@]5(C(=O)O)CCC(C)(C)C[C@@H]45)[C@]3(C)CO)OC[C@H](O)[C@@H]2O)[C@H](O)[C@H](O[C@@H]2OC[C@@H](O)[C@H](O)[C@H]2O)[C@H]1O. The van der Waals surface area contributed by atoms with Crippen molar-refractivity contribution in [3.63, 3.8) is 0 Å². The van der Waals surface area contributed by atoms with E-state index in [1.165, 1.54) is 12.5 Å². The van der Waals surface area contributed by atoms with Crippen LogP contribution in [-0.2, 0) is 33.2 Å². The summed E-state index contributed by atoms with van der Waals surface area (Å²) < 4.78 is 35.9. The zero-order valence-electron chi connectivity index (χ0n) is 36.5. The molecule has 0 radical (unpaired) electrons. The first-order chi connectivity index (χ1) is 28.6. The number of fused-ring (bicyclic) bond motifs is 7. The third-order valence-corrected chi connectivity index (χ3v) is 17.9. The molecule has 0 unspecified atom stereocenters. The van der Waals surface area contributed by atoms with Crippen LogP contribution in [-0.4, -0.2) is 158 Å². The van der Waals surface area contributed by atoms with Crippen molar-refractivity contribution >= 4 is 5.97 Å². The van der Waals surface area contributed by atoms with Gasteiger partial charge in [-0.3, -0.25) is 4.79 Å². The van der Waals surface area contributed by atoms with Crippen molar-refractivity contribution in [2.24, 2.45) is 50.7 Å². The lowest BCUT2D eigenvalue weighted by molar-refractivity contribution is -0.379. The zero-order valence-corrected chi connectivity index (χ0v) is 36.5. The molecule has 5 aliphatic carbocycles. The van der Waals surface area contributed by atoms with Crippen LogP contribution in [0, 0.1) is 50.7 Å². The zero-order chi connectivity index (χ0) is 44.2. The quantitative estimate of drug-likeness (QED) is 0.124. The van der Waals surface area contributed by atoms with E-state index in [2.05, 4.69) is 40.7 Å². The molecule has 3 heterocycles. The molecule has 22 atom stereocenters. The van der Waals surface area contributed by atoms with Crippen LogP contribution in [0.4, 0.5) is 0 Å². The highest BCUT2D eigenvalue weighted by atomic mass is 16.8. The maximum Gasteiger partial charge on any atom is 0.310 e. The normalized spacial score (nSPS) is 54.6. The minimum absolute atomic E-state index is 0.0350. The predicted molar refractivity (Wildman–Crippen MR) is 214 cm³/mol. The fourth-order valence-corrected chi connectivity index (χ4v) is 14.2. The van der Waals surface area contributed by atoms with E-state index in [9.17, 15) is 50.8 Å². The molecule has 348 valence electrons. The molecule has 7 fully saturated rings. The van der Waals surface area contributed by atoms with Gasteiger partial charge >= 0.3 is 5.97 Å². The lowest BCUT2D eigenvalue weighted by atomic mass is 9.37. The Kier molecular flexibility index (Phi) is 12.5. The largest absolute Gasteiger partial charge is 0.481 e. The summed E-state index contributed by atoms with van der Waals surface area (Å²) >= 11 is 0. The van der Waals surface area contributed by atoms with Gasteiger partial charge in [0.15, 0.2) is 18.9 Å². The molecule has 4 saturated carbocycles. The van der Waals surface area contributed by atoms with Crippen molar-refractivity contribution in [2.45, 2.75) is 192 Å². The number of aliphatic hydroxyl groups is 8. The number of hydrogen-bond donors (Lipinski definition) is 9.